The van der Waals surface area contributed by atoms with Crippen LogP contribution in [0.3, 0.4) is 0 Å². The van der Waals surface area contributed by atoms with Crippen molar-refractivity contribution in [2.75, 3.05) is 12.3 Å². The van der Waals surface area contributed by atoms with Gasteiger partial charge in [-0.1, -0.05) is 18.7 Å². The van der Waals surface area contributed by atoms with Crippen LogP contribution in [0.1, 0.15) is 15.9 Å². The van der Waals surface area contributed by atoms with E-state index in [1.54, 1.807) is 12.3 Å². The highest BCUT2D eigenvalue weighted by Gasteiger charge is 2.32. The number of rotatable bonds is 4. The van der Waals surface area contributed by atoms with Crippen LogP contribution in [0.4, 0.5) is 5.69 Å². The Labute approximate surface area is 155 Å². The number of benzene rings is 2. The molecule has 0 spiro atoms. The molecule has 1 aliphatic rings. The van der Waals surface area contributed by atoms with Crippen molar-refractivity contribution >= 4 is 28.4 Å². The lowest BCUT2D eigenvalue weighted by molar-refractivity contribution is -0.114. The molecule has 3 aromatic rings. The van der Waals surface area contributed by atoms with E-state index in [2.05, 4.69) is 16.5 Å². The number of amides is 2. The number of anilines is 1. The van der Waals surface area contributed by atoms with E-state index >= 15 is 0 Å². The topological polar surface area (TPSA) is 115 Å². The third-order valence-electron chi connectivity index (χ3n) is 4.74. The Hall–Kier alpha value is -3.74. The number of carbonyl (C=O) groups excluding carboxylic acids is 2. The summed E-state index contributed by atoms with van der Waals surface area (Å²) in [5, 5.41) is 0.906. The minimum absolute atomic E-state index is 0.0767. The molecule has 2 amide bonds. The molecule has 134 valence electrons. The first-order valence-corrected chi connectivity index (χ1v) is 8.34. The van der Waals surface area contributed by atoms with Crippen LogP contribution in [0.25, 0.3) is 22.0 Å². The zero-order valence-electron chi connectivity index (χ0n) is 14.5. The average molecular weight is 359 g/mol. The molecule has 0 radical (unpaired) electrons. The van der Waals surface area contributed by atoms with Crippen LogP contribution in [-0.4, -0.2) is 33.2 Å². The van der Waals surface area contributed by atoms with Gasteiger partial charge >= 0.3 is 0 Å². The summed E-state index contributed by atoms with van der Waals surface area (Å²) in [6.07, 6.45) is 3.25. The molecule has 2 aromatic carbocycles. The SMILES string of the molecule is C=C(CN1Cc2c(-c3ccc4ncncc4c3)ccc(N)c2C1=O)C(N)=O. The van der Waals surface area contributed by atoms with Crippen LogP contribution in [0.15, 0.2) is 55.0 Å². The maximum atomic E-state index is 12.8. The van der Waals surface area contributed by atoms with Gasteiger partial charge in [-0.15, -0.1) is 0 Å². The Balaban J connectivity index is 1.78. The zero-order valence-corrected chi connectivity index (χ0v) is 14.5. The fourth-order valence-corrected chi connectivity index (χ4v) is 3.36. The predicted molar refractivity (Wildman–Crippen MR) is 102 cm³/mol. The lowest BCUT2D eigenvalue weighted by Gasteiger charge is -2.15. The van der Waals surface area contributed by atoms with Crippen LogP contribution in [0.5, 0.6) is 0 Å². The van der Waals surface area contributed by atoms with Crippen LogP contribution >= 0.6 is 0 Å². The van der Waals surface area contributed by atoms with Gasteiger partial charge in [-0.3, -0.25) is 9.59 Å². The van der Waals surface area contributed by atoms with E-state index in [0.29, 0.717) is 17.8 Å². The monoisotopic (exact) mass is 359 g/mol. The summed E-state index contributed by atoms with van der Waals surface area (Å²) >= 11 is 0. The van der Waals surface area contributed by atoms with Crippen LogP contribution in [0.2, 0.25) is 0 Å². The average Bonchev–Trinajstić information content (AvgIpc) is 2.98. The van der Waals surface area contributed by atoms with Crippen molar-refractivity contribution in [3.63, 3.8) is 0 Å². The Bertz CT molecular complexity index is 1120. The van der Waals surface area contributed by atoms with Crippen molar-refractivity contribution in [2.24, 2.45) is 5.73 Å². The van der Waals surface area contributed by atoms with Crippen molar-refractivity contribution in [3.8, 4) is 11.1 Å². The number of nitrogen functional groups attached to an aromatic ring is 1. The summed E-state index contributed by atoms with van der Waals surface area (Å²) in [4.78, 5) is 33.9. The van der Waals surface area contributed by atoms with Gasteiger partial charge in [0, 0.05) is 29.4 Å². The largest absolute Gasteiger partial charge is 0.398 e. The van der Waals surface area contributed by atoms with Gasteiger partial charge in [0.1, 0.15) is 6.33 Å². The molecular weight excluding hydrogens is 342 g/mol. The lowest BCUT2D eigenvalue weighted by atomic mass is 9.95. The molecular formula is C20H17N5O2. The summed E-state index contributed by atoms with van der Waals surface area (Å²) in [5.74, 6) is -0.850. The molecule has 0 bridgehead atoms. The van der Waals surface area contributed by atoms with Crippen molar-refractivity contribution in [1.82, 2.24) is 14.9 Å². The first kappa shape index (κ1) is 16.7. The Morgan fingerprint density at radius 3 is 2.85 bits per heavy atom. The number of nitrogens with zero attached hydrogens (tertiary/aromatic N) is 3. The van der Waals surface area contributed by atoms with E-state index in [0.717, 1.165) is 27.6 Å². The van der Waals surface area contributed by atoms with Gasteiger partial charge < -0.3 is 16.4 Å². The molecule has 1 aliphatic heterocycles. The maximum Gasteiger partial charge on any atom is 0.256 e. The van der Waals surface area contributed by atoms with Gasteiger partial charge in [-0.2, -0.15) is 0 Å². The minimum Gasteiger partial charge on any atom is -0.398 e. The molecule has 0 fully saturated rings. The minimum atomic E-state index is -0.624. The summed E-state index contributed by atoms with van der Waals surface area (Å²) in [7, 11) is 0. The van der Waals surface area contributed by atoms with Gasteiger partial charge in [0.05, 0.1) is 17.6 Å². The van der Waals surface area contributed by atoms with E-state index in [1.807, 2.05) is 24.3 Å². The highest BCUT2D eigenvalue weighted by atomic mass is 16.2. The van der Waals surface area contributed by atoms with E-state index in [9.17, 15) is 9.59 Å². The molecule has 0 saturated carbocycles. The summed E-state index contributed by atoms with van der Waals surface area (Å²) in [6.45, 7) is 4.05. The third kappa shape index (κ3) is 2.79. The fourth-order valence-electron chi connectivity index (χ4n) is 3.36. The number of primary amides is 1. The number of fused-ring (bicyclic) bond motifs is 2. The Morgan fingerprint density at radius 2 is 2.07 bits per heavy atom. The van der Waals surface area contributed by atoms with Gasteiger partial charge in [-0.05, 0) is 34.9 Å². The predicted octanol–water partition coefficient (Wildman–Crippen LogP) is 1.88. The van der Waals surface area contributed by atoms with Crippen molar-refractivity contribution in [2.45, 2.75) is 6.54 Å². The summed E-state index contributed by atoms with van der Waals surface area (Å²) in [5.41, 5.74) is 15.9. The van der Waals surface area contributed by atoms with Gasteiger partial charge in [0.25, 0.3) is 5.91 Å². The number of aromatic nitrogens is 2. The van der Waals surface area contributed by atoms with Crippen LogP contribution in [-0.2, 0) is 11.3 Å². The summed E-state index contributed by atoms with van der Waals surface area (Å²) in [6, 6.07) is 9.48. The standard InChI is InChI=1S/C20H17N5O2/c1-11(19(22)26)8-25-9-15-14(3-4-16(21)18(15)20(25)27)12-2-5-17-13(6-12)7-23-10-24-17/h2-7,10H,1,8-9,21H2,(H2,22,26). The first-order chi connectivity index (χ1) is 13.0. The third-order valence-corrected chi connectivity index (χ3v) is 4.74. The first-order valence-electron chi connectivity index (χ1n) is 8.34. The van der Waals surface area contributed by atoms with Gasteiger partial charge in [0.15, 0.2) is 0 Å². The quantitative estimate of drug-likeness (QED) is 0.545. The Kier molecular flexibility index (Phi) is 3.84. The van der Waals surface area contributed by atoms with E-state index < -0.39 is 5.91 Å². The van der Waals surface area contributed by atoms with Crippen molar-refractivity contribution < 1.29 is 9.59 Å². The second-order valence-corrected chi connectivity index (χ2v) is 6.48. The number of hydrogen-bond donors (Lipinski definition) is 2. The number of hydrogen-bond acceptors (Lipinski definition) is 5. The molecule has 7 heteroatoms. The molecule has 0 unspecified atom stereocenters. The molecule has 4 N–H and O–H groups in total. The zero-order chi connectivity index (χ0) is 19.1. The Morgan fingerprint density at radius 1 is 1.26 bits per heavy atom. The van der Waals surface area contributed by atoms with Crippen molar-refractivity contribution in [3.05, 3.63) is 66.1 Å². The normalized spacial score (nSPS) is 13.0. The van der Waals surface area contributed by atoms with E-state index in [-0.39, 0.29) is 18.0 Å². The molecule has 0 atom stereocenters. The molecule has 4 rings (SSSR count). The number of carbonyl (C=O) groups is 2. The molecule has 7 nitrogen and oxygen atoms in total. The summed E-state index contributed by atoms with van der Waals surface area (Å²) < 4.78 is 0. The molecule has 0 aliphatic carbocycles. The van der Waals surface area contributed by atoms with E-state index in [1.165, 1.54) is 11.2 Å². The smallest absolute Gasteiger partial charge is 0.256 e. The molecule has 27 heavy (non-hydrogen) atoms. The van der Waals surface area contributed by atoms with Crippen molar-refractivity contribution in [1.29, 1.82) is 0 Å². The number of nitrogens with two attached hydrogens (primary N) is 2. The van der Waals surface area contributed by atoms with Crippen LogP contribution < -0.4 is 11.5 Å². The molecule has 2 heterocycles. The van der Waals surface area contributed by atoms with Gasteiger partial charge in [0.2, 0.25) is 5.91 Å². The second-order valence-electron chi connectivity index (χ2n) is 6.48. The van der Waals surface area contributed by atoms with Gasteiger partial charge in [-0.25, -0.2) is 9.97 Å². The fraction of sp³-hybridized carbons (Fsp3) is 0.100. The highest BCUT2D eigenvalue weighted by molar-refractivity contribution is 6.06. The van der Waals surface area contributed by atoms with Crippen LogP contribution in [0, 0.1) is 0 Å². The second kappa shape index (κ2) is 6.21. The lowest BCUT2D eigenvalue weighted by Crippen LogP contribution is -2.30. The molecule has 0 saturated heterocycles. The molecule has 1 aromatic heterocycles. The maximum absolute atomic E-state index is 12.8. The van der Waals surface area contributed by atoms with E-state index in [4.69, 9.17) is 11.5 Å². The highest BCUT2D eigenvalue weighted by Crippen LogP contribution is 2.36.